The molecule has 7 nitrogen and oxygen atoms in total. The lowest BCUT2D eigenvalue weighted by Gasteiger charge is -2.14. The van der Waals surface area contributed by atoms with Crippen LogP contribution < -0.4 is 11.0 Å². The van der Waals surface area contributed by atoms with E-state index in [0.717, 1.165) is 41.6 Å². The molecule has 2 aromatic heterocycles. The molecule has 0 radical (unpaired) electrons. The Labute approximate surface area is 170 Å². The first-order valence-corrected chi connectivity index (χ1v) is 9.76. The summed E-state index contributed by atoms with van der Waals surface area (Å²) in [5.41, 5.74) is 5.59. The second-order valence-electron chi connectivity index (χ2n) is 7.25. The fourth-order valence-electron chi connectivity index (χ4n) is 3.89. The summed E-state index contributed by atoms with van der Waals surface area (Å²) in [4.78, 5) is 30.0. The zero-order valence-electron chi connectivity index (χ0n) is 16.0. The number of nitrogens with zero attached hydrogens (tertiary/aromatic N) is 4. The van der Waals surface area contributed by atoms with Gasteiger partial charge < -0.3 is 0 Å². The van der Waals surface area contributed by atoms with Crippen LogP contribution >= 0.6 is 0 Å². The molecule has 5 rings (SSSR count). The molecular formula is C22H18FN5O2. The molecule has 1 amide bonds. The van der Waals surface area contributed by atoms with Gasteiger partial charge in [-0.15, -0.1) is 0 Å². The first-order valence-electron chi connectivity index (χ1n) is 9.76. The highest BCUT2D eigenvalue weighted by atomic mass is 19.1. The first kappa shape index (κ1) is 18.2. The summed E-state index contributed by atoms with van der Waals surface area (Å²) in [6, 6.07) is 13.0. The Kier molecular flexibility index (Phi) is 4.39. The van der Waals surface area contributed by atoms with Gasteiger partial charge in [-0.1, -0.05) is 12.1 Å². The molecule has 0 atom stereocenters. The number of para-hydroxylation sites is 1. The van der Waals surface area contributed by atoms with Crippen LogP contribution in [0.4, 0.5) is 4.39 Å². The van der Waals surface area contributed by atoms with Crippen LogP contribution in [0.1, 0.15) is 34.6 Å². The fourth-order valence-corrected chi connectivity index (χ4v) is 3.89. The maximum absolute atomic E-state index is 13.3. The molecule has 150 valence electrons. The third-order valence-electron chi connectivity index (χ3n) is 5.35. The molecule has 0 bridgehead atoms. The van der Waals surface area contributed by atoms with E-state index in [2.05, 4.69) is 15.5 Å². The van der Waals surface area contributed by atoms with Gasteiger partial charge in [0.2, 0.25) is 0 Å². The molecule has 2 heterocycles. The van der Waals surface area contributed by atoms with Gasteiger partial charge >= 0.3 is 0 Å². The molecule has 1 aliphatic carbocycles. The first-order chi connectivity index (χ1) is 14.6. The number of carbonyl (C=O) groups is 1. The predicted molar refractivity (Wildman–Crippen MR) is 110 cm³/mol. The summed E-state index contributed by atoms with van der Waals surface area (Å²) in [7, 11) is 0. The second kappa shape index (κ2) is 7.22. The van der Waals surface area contributed by atoms with E-state index in [1.54, 1.807) is 41.1 Å². The van der Waals surface area contributed by atoms with Crippen LogP contribution in [0.2, 0.25) is 0 Å². The van der Waals surface area contributed by atoms with Crippen LogP contribution in [0.5, 0.6) is 0 Å². The second-order valence-corrected chi connectivity index (χ2v) is 7.25. The number of halogens is 1. The third kappa shape index (κ3) is 3.06. The average molecular weight is 403 g/mol. The summed E-state index contributed by atoms with van der Waals surface area (Å²) in [5, 5.41) is 4.94. The van der Waals surface area contributed by atoms with E-state index in [4.69, 9.17) is 0 Å². The Morgan fingerprint density at radius 2 is 1.80 bits per heavy atom. The van der Waals surface area contributed by atoms with E-state index in [1.807, 2.05) is 0 Å². The van der Waals surface area contributed by atoms with Crippen molar-refractivity contribution in [2.45, 2.75) is 25.7 Å². The van der Waals surface area contributed by atoms with Gasteiger partial charge in [0.05, 0.1) is 16.6 Å². The van der Waals surface area contributed by atoms with Crippen molar-refractivity contribution in [2.75, 3.05) is 5.43 Å². The lowest BCUT2D eigenvalue weighted by Crippen LogP contribution is -2.34. The van der Waals surface area contributed by atoms with Gasteiger partial charge in [-0.25, -0.2) is 18.7 Å². The molecule has 4 aromatic rings. The zero-order valence-corrected chi connectivity index (χ0v) is 16.0. The largest absolute Gasteiger partial charge is 0.291 e. The smallest absolute Gasteiger partial charge is 0.267 e. The van der Waals surface area contributed by atoms with Gasteiger partial charge in [0, 0.05) is 11.3 Å². The van der Waals surface area contributed by atoms with Crippen molar-refractivity contribution in [1.29, 1.82) is 0 Å². The van der Waals surface area contributed by atoms with E-state index in [1.165, 1.54) is 18.5 Å². The lowest BCUT2D eigenvalue weighted by atomic mass is 9.95. The van der Waals surface area contributed by atoms with Crippen molar-refractivity contribution in [2.24, 2.45) is 0 Å². The highest BCUT2D eigenvalue weighted by Crippen LogP contribution is 2.27. The Hall–Kier alpha value is -3.81. The minimum Gasteiger partial charge on any atom is -0.267 e. The SMILES string of the molecule is O=C(Nn1cnc2ccccc2c1=O)c1nn(-c2ccc(F)cc2)c2c1CCCC2. The molecule has 0 saturated heterocycles. The maximum atomic E-state index is 13.3. The van der Waals surface area contributed by atoms with Gasteiger partial charge in [0.25, 0.3) is 11.5 Å². The highest BCUT2D eigenvalue weighted by Gasteiger charge is 2.26. The van der Waals surface area contributed by atoms with Gasteiger partial charge in [0.15, 0.2) is 5.69 Å². The summed E-state index contributed by atoms with van der Waals surface area (Å²) in [5.74, 6) is -0.811. The molecular weight excluding hydrogens is 385 g/mol. The van der Waals surface area contributed by atoms with Crippen LogP contribution in [0.3, 0.4) is 0 Å². The number of benzene rings is 2. The molecule has 0 unspecified atom stereocenters. The molecule has 1 aliphatic rings. The quantitative estimate of drug-likeness (QED) is 0.570. The van der Waals surface area contributed by atoms with Crippen molar-refractivity contribution in [1.82, 2.24) is 19.4 Å². The van der Waals surface area contributed by atoms with Gasteiger partial charge in [-0.2, -0.15) is 5.10 Å². The Morgan fingerprint density at radius 3 is 2.63 bits per heavy atom. The van der Waals surface area contributed by atoms with Crippen LogP contribution in [0.15, 0.2) is 59.7 Å². The number of aromatic nitrogens is 4. The number of fused-ring (bicyclic) bond motifs is 2. The van der Waals surface area contributed by atoms with Crippen molar-refractivity contribution in [3.8, 4) is 5.69 Å². The molecule has 1 N–H and O–H groups in total. The monoisotopic (exact) mass is 403 g/mol. The summed E-state index contributed by atoms with van der Waals surface area (Å²) < 4.78 is 16.1. The molecule has 2 aromatic carbocycles. The molecule has 30 heavy (non-hydrogen) atoms. The van der Waals surface area contributed by atoms with Crippen molar-refractivity contribution in [3.63, 3.8) is 0 Å². The van der Waals surface area contributed by atoms with E-state index in [-0.39, 0.29) is 17.1 Å². The fraction of sp³-hybridized carbons (Fsp3) is 0.182. The Morgan fingerprint density at radius 1 is 1.03 bits per heavy atom. The van der Waals surface area contributed by atoms with Crippen molar-refractivity contribution < 1.29 is 9.18 Å². The minimum absolute atomic E-state index is 0.272. The molecule has 0 spiro atoms. The van der Waals surface area contributed by atoms with Crippen LogP contribution in [0, 0.1) is 5.82 Å². The maximum Gasteiger partial charge on any atom is 0.291 e. The number of amides is 1. The number of hydrogen-bond acceptors (Lipinski definition) is 4. The normalized spacial score (nSPS) is 13.2. The van der Waals surface area contributed by atoms with E-state index >= 15 is 0 Å². The molecule has 8 heteroatoms. The minimum atomic E-state index is -0.479. The van der Waals surface area contributed by atoms with Gasteiger partial charge in [-0.3, -0.25) is 15.0 Å². The van der Waals surface area contributed by atoms with Crippen LogP contribution in [-0.4, -0.2) is 25.3 Å². The van der Waals surface area contributed by atoms with Crippen LogP contribution in [-0.2, 0) is 12.8 Å². The topological polar surface area (TPSA) is 81.8 Å². The van der Waals surface area contributed by atoms with Crippen molar-refractivity contribution >= 4 is 16.8 Å². The number of hydrogen-bond donors (Lipinski definition) is 1. The van der Waals surface area contributed by atoms with Crippen molar-refractivity contribution in [3.05, 3.63) is 88.0 Å². The lowest BCUT2D eigenvalue weighted by molar-refractivity contribution is 0.100. The highest BCUT2D eigenvalue weighted by molar-refractivity contribution is 6.00. The molecule has 0 aliphatic heterocycles. The van der Waals surface area contributed by atoms with Crippen LogP contribution in [0.25, 0.3) is 16.6 Å². The summed E-state index contributed by atoms with van der Waals surface area (Å²) in [6.45, 7) is 0. The zero-order chi connectivity index (χ0) is 20.7. The standard InChI is InChI=1S/C22H18FN5O2/c23-14-9-11-15(12-10-14)28-19-8-4-2-6-17(19)20(25-28)21(29)26-27-13-24-18-7-3-1-5-16(18)22(27)30/h1,3,5,7,9-13H,2,4,6,8H2,(H,26,29). The Balaban J connectivity index is 1.54. The number of carbonyl (C=O) groups excluding carboxylic acids is 1. The van der Waals surface area contributed by atoms with Gasteiger partial charge in [0.1, 0.15) is 12.1 Å². The molecule has 0 fully saturated rings. The molecule has 0 saturated carbocycles. The average Bonchev–Trinajstić information content (AvgIpc) is 3.16. The summed E-state index contributed by atoms with van der Waals surface area (Å²) in [6.07, 6.45) is 4.76. The number of rotatable bonds is 3. The summed E-state index contributed by atoms with van der Waals surface area (Å²) >= 11 is 0. The van der Waals surface area contributed by atoms with E-state index < -0.39 is 5.91 Å². The van der Waals surface area contributed by atoms with Gasteiger partial charge in [-0.05, 0) is 62.1 Å². The van der Waals surface area contributed by atoms with E-state index in [0.29, 0.717) is 16.6 Å². The predicted octanol–water partition coefficient (Wildman–Crippen LogP) is 2.98. The number of nitrogens with one attached hydrogen (secondary N) is 1. The van der Waals surface area contributed by atoms with E-state index in [9.17, 15) is 14.0 Å². The Bertz CT molecular complexity index is 1320. The third-order valence-corrected chi connectivity index (χ3v) is 5.35.